The fourth-order valence-corrected chi connectivity index (χ4v) is 3.85. The molecule has 0 fully saturated rings. The molecule has 2 rings (SSSR count). The number of carbonyl (C=O) groups excluding carboxylic acids is 1. The minimum Gasteiger partial charge on any atom is -0.507 e. The van der Waals surface area contributed by atoms with Crippen molar-refractivity contribution < 1.29 is 29.0 Å². The molecule has 0 aromatic heterocycles. The lowest BCUT2D eigenvalue weighted by Crippen LogP contribution is -2.21. The van der Waals surface area contributed by atoms with Gasteiger partial charge in [-0.05, 0) is 37.3 Å². The molecule has 4 N–H and O–H groups in total. The standard InChI is InChI=1S/C19H28NO6P/c1-4-13(10-20-8-9-27(23,24)25)6-7-15-14(5-2)12(3)16-11-26-19(22)17(16)18(15)21/h6,20-21H,4-5,7-11H2,1-3H3,(H2,23,24,25). The largest absolute Gasteiger partial charge is 0.507 e. The molecular weight excluding hydrogens is 369 g/mol. The third-order valence-corrected chi connectivity index (χ3v) is 5.79. The fraction of sp³-hybridized carbons (Fsp3) is 0.526. The quantitative estimate of drug-likeness (QED) is 0.219. The molecular formula is C19H28NO6P. The van der Waals surface area contributed by atoms with Crippen LogP contribution in [0.1, 0.15) is 52.9 Å². The molecule has 0 bridgehead atoms. The van der Waals surface area contributed by atoms with E-state index in [1.165, 1.54) is 0 Å². The number of phenolic OH excluding ortho intramolecular Hbond substituents is 1. The summed E-state index contributed by atoms with van der Waals surface area (Å²) >= 11 is 0. The van der Waals surface area contributed by atoms with Crippen LogP contribution in [0.3, 0.4) is 0 Å². The maximum atomic E-state index is 12.0. The number of rotatable bonds is 9. The van der Waals surface area contributed by atoms with E-state index in [4.69, 9.17) is 14.5 Å². The first-order chi connectivity index (χ1) is 12.7. The van der Waals surface area contributed by atoms with Gasteiger partial charge in [0.2, 0.25) is 0 Å². The summed E-state index contributed by atoms with van der Waals surface area (Å²) in [6, 6.07) is 0. The first-order valence-electron chi connectivity index (χ1n) is 9.16. The van der Waals surface area contributed by atoms with Gasteiger partial charge in [0.25, 0.3) is 0 Å². The molecule has 0 radical (unpaired) electrons. The lowest BCUT2D eigenvalue weighted by atomic mass is 9.89. The molecule has 1 aromatic carbocycles. The number of fused-ring (bicyclic) bond motifs is 1. The Kier molecular flexibility index (Phi) is 7.23. The van der Waals surface area contributed by atoms with Crippen LogP contribution in [0.25, 0.3) is 0 Å². The molecule has 0 unspecified atom stereocenters. The Labute approximate surface area is 159 Å². The Morgan fingerprint density at radius 2 is 2.00 bits per heavy atom. The lowest BCUT2D eigenvalue weighted by Gasteiger charge is -2.16. The van der Waals surface area contributed by atoms with E-state index in [1.54, 1.807) is 0 Å². The topological polar surface area (TPSA) is 116 Å². The average molecular weight is 397 g/mol. The van der Waals surface area contributed by atoms with Crippen LogP contribution >= 0.6 is 7.60 Å². The normalized spacial score (nSPS) is 14.4. The van der Waals surface area contributed by atoms with Gasteiger partial charge in [-0.25, -0.2) is 4.79 Å². The number of allylic oxidation sites excluding steroid dienone is 1. The molecule has 1 aliphatic heterocycles. The summed E-state index contributed by atoms with van der Waals surface area (Å²) in [5.41, 5.74) is 4.91. The van der Waals surface area contributed by atoms with Gasteiger partial charge >= 0.3 is 13.6 Å². The summed E-state index contributed by atoms with van der Waals surface area (Å²) in [4.78, 5) is 29.8. The zero-order valence-corrected chi connectivity index (χ0v) is 16.9. The smallest absolute Gasteiger partial charge is 0.342 e. The third kappa shape index (κ3) is 5.20. The fourth-order valence-electron chi connectivity index (χ4n) is 3.40. The van der Waals surface area contributed by atoms with E-state index in [1.807, 2.05) is 26.8 Å². The number of nitrogens with one attached hydrogen (secondary N) is 1. The highest BCUT2D eigenvalue weighted by Gasteiger charge is 2.30. The van der Waals surface area contributed by atoms with Gasteiger partial charge in [-0.2, -0.15) is 0 Å². The van der Waals surface area contributed by atoms with Crippen molar-refractivity contribution in [2.45, 2.75) is 46.6 Å². The van der Waals surface area contributed by atoms with Gasteiger partial charge in [-0.3, -0.25) is 4.57 Å². The number of phenols is 1. The van der Waals surface area contributed by atoms with Crippen LogP contribution in [0.5, 0.6) is 5.75 Å². The monoisotopic (exact) mass is 397 g/mol. The molecule has 7 nitrogen and oxygen atoms in total. The molecule has 0 atom stereocenters. The van der Waals surface area contributed by atoms with Crippen LogP contribution in [0, 0.1) is 6.92 Å². The molecule has 0 saturated carbocycles. The van der Waals surface area contributed by atoms with Crippen molar-refractivity contribution in [2.75, 3.05) is 19.3 Å². The van der Waals surface area contributed by atoms with Crippen LogP contribution < -0.4 is 5.32 Å². The SMILES string of the molecule is CCC(=CCc1c(O)c2c(c(C)c1CC)COC2=O)CNCCP(=O)(O)O. The first kappa shape index (κ1) is 21.6. The molecule has 150 valence electrons. The summed E-state index contributed by atoms with van der Waals surface area (Å²) in [5, 5.41) is 13.7. The van der Waals surface area contributed by atoms with Crippen molar-refractivity contribution in [2.24, 2.45) is 0 Å². The summed E-state index contributed by atoms with van der Waals surface area (Å²) < 4.78 is 16.0. The van der Waals surface area contributed by atoms with Gasteiger partial charge in [0, 0.05) is 24.2 Å². The van der Waals surface area contributed by atoms with Gasteiger partial charge in [0.1, 0.15) is 17.9 Å². The van der Waals surface area contributed by atoms with Crippen molar-refractivity contribution >= 4 is 13.6 Å². The minimum atomic E-state index is -3.99. The predicted octanol–water partition coefficient (Wildman–Crippen LogP) is 2.58. The molecule has 1 aliphatic rings. The van der Waals surface area contributed by atoms with Gasteiger partial charge < -0.3 is 24.9 Å². The number of benzene rings is 1. The van der Waals surface area contributed by atoms with Crippen LogP contribution in [0.15, 0.2) is 11.6 Å². The lowest BCUT2D eigenvalue weighted by molar-refractivity contribution is 0.0533. The zero-order valence-electron chi connectivity index (χ0n) is 16.0. The number of carbonyl (C=O) groups is 1. The van der Waals surface area contributed by atoms with E-state index in [9.17, 15) is 14.5 Å². The average Bonchev–Trinajstić information content (AvgIpc) is 2.99. The molecule has 0 spiro atoms. The Balaban J connectivity index is 2.19. The molecule has 1 heterocycles. The summed E-state index contributed by atoms with van der Waals surface area (Å²) in [7, 11) is -3.99. The third-order valence-electron chi connectivity index (χ3n) is 4.98. The van der Waals surface area contributed by atoms with E-state index < -0.39 is 13.6 Å². The highest BCUT2D eigenvalue weighted by Crippen LogP contribution is 2.38. The molecule has 0 amide bonds. The molecule has 27 heavy (non-hydrogen) atoms. The highest BCUT2D eigenvalue weighted by atomic mass is 31.2. The maximum Gasteiger partial charge on any atom is 0.342 e. The summed E-state index contributed by atoms with van der Waals surface area (Å²) in [6.07, 6.45) is 3.81. The molecule has 0 aliphatic carbocycles. The number of aromatic hydroxyl groups is 1. The zero-order chi connectivity index (χ0) is 20.2. The van der Waals surface area contributed by atoms with Crippen LogP contribution in [0.4, 0.5) is 0 Å². The molecule has 8 heteroatoms. The van der Waals surface area contributed by atoms with Crippen molar-refractivity contribution in [3.63, 3.8) is 0 Å². The van der Waals surface area contributed by atoms with Crippen molar-refractivity contribution in [3.8, 4) is 5.75 Å². The van der Waals surface area contributed by atoms with E-state index in [-0.39, 0.29) is 30.6 Å². The summed E-state index contributed by atoms with van der Waals surface area (Å²) in [5.74, 6) is -0.468. The predicted molar refractivity (Wildman–Crippen MR) is 103 cm³/mol. The number of cyclic esters (lactones) is 1. The van der Waals surface area contributed by atoms with Crippen molar-refractivity contribution in [1.82, 2.24) is 5.32 Å². The second-order valence-electron chi connectivity index (χ2n) is 6.70. The van der Waals surface area contributed by atoms with Gasteiger partial charge in [0.05, 0.1) is 6.16 Å². The van der Waals surface area contributed by atoms with E-state index in [2.05, 4.69) is 5.32 Å². The Morgan fingerprint density at radius 1 is 1.30 bits per heavy atom. The van der Waals surface area contributed by atoms with Crippen LogP contribution in [-0.4, -0.2) is 40.1 Å². The Hall–Kier alpha value is -1.66. The number of hydrogen-bond acceptors (Lipinski definition) is 5. The Bertz CT molecular complexity index is 796. The second-order valence-corrected chi connectivity index (χ2v) is 8.48. The first-order valence-corrected chi connectivity index (χ1v) is 11.0. The minimum absolute atomic E-state index is 0.0103. The van der Waals surface area contributed by atoms with E-state index in [0.717, 1.165) is 40.7 Å². The van der Waals surface area contributed by atoms with Gasteiger partial charge in [0.15, 0.2) is 0 Å². The highest BCUT2D eigenvalue weighted by molar-refractivity contribution is 7.51. The number of esters is 1. The van der Waals surface area contributed by atoms with Gasteiger partial charge in [-0.15, -0.1) is 0 Å². The van der Waals surface area contributed by atoms with E-state index in [0.29, 0.717) is 13.0 Å². The van der Waals surface area contributed by atoms with Gasteiger partial charge in [-0.1, -0.05) is 25.5 Å². The number of ether oxygens (including phenoxy) is 1. The van der Waals surface area contributed by atoms with Crippen molar-refractivity contribution in [3.05, 3.63) is 39.5 Å². The van der Waals surface area contributed by atoms with Crippen molar-refractivity contribution in [1.29, 1.82) is 0 Å². The van der Waals surface area contributed by atoms with Crippen LogP contribution in [0.2, 0.25) is 0 Å². The van der Waals surface area contributed by atoms with E-state index >= 15 is 0 Å². The van der Waals surface area contributed by atoms with Crippen LogP contribution in [-0.2, 0) is 28.8 Å². The summed E-state index contributed by atoms with van der Waals surface area (Å²) in [6.45, 7) is 6.93. The maximum absolute atomic E-state index is 12.0. The Morgan fingerprint density at radius 3 is 2.59 bits per heavy atom. The molecule has 0 saturated heterocycles. The number of hydrogen-bond donors (Lipinski definition) is 4. The second kappa shape index (κ2) is 9.02. The molecule has 1 aromatic rings.